The summed E-state index contributed by atoms with van der Waals surface area (Å²) in [5, 5.41) is 2.97. The van der Waals surface area contributed by atoms with Gasteiger partial charge in [-0.25, -0.2) is 0 Å². The SMILES string of the molecule is CCCCCCCCCCCCCCCC(=O)NC(COC(=O)CCCCCCCCCCCCCCC)C(OC)OC. The monoisotopic (exact) mass is 612 g/mol. The highest BCUT2D eigenvalue weighted by Gasteiger charge is 2.24. The van der Waals surface area contributed by atoms with Crippen molar-refractivity contribution in [3.05, 3.63) is 0 Å². The van der Waals surface area contributed by atoms with Crippen LogP contribution in [0.5, 0.6) is 0 Å². The number of nitrogens with one attached hydrogen (secondary N) is 1. The van der Waals surface area contributed by atoms with E-state index in [9.17, 15) is 9.59 Å². The molecule has 0 bridgehead atoms. The highest BCUT2D eigenvalue weighted by molar-refractivity contribution is 5.76. The zero-order chi connectivity index (χ0) is 31.6. The van der Waals surface area contributed by atoms with Crippen LogP contribution < -0.4 is 5.32 Å². The Bertz CT molecular complexity index is 596. The van der Waals surface area contributed by atoms with Crippen LogP contribution in [0.15, 0.2) is 0 Å². The summed E-state index contributed by atoms with van der Waals surface area (Å²) in [6.07, 6.45) is 33.5. The minimum absolute atomic E-state index is 0.0419. The van der Waals surface area contributed by atoms with E-state index in [1.807, 2.05) is 0 Å². The molecule has 1 atom stereocenters. The largest absolute Gasteiger partial charge is 0.463 e. The van der Waals surface area contributed by atoms with Gasteiger partial charge in [-0.2, -0.15) is 0 Å². The van der Waals surface area contributed by atoms with Crippen molar-refractivity contribution < 1.29 is 23.8 Å². The van der Waals surface area contributed by atoms with Crippen LogP contribution in [0.2, 0.25) is 0 Å². The standard InChI is InChI=1S/C37H73NO5/c1-5-7-9-11-13-15-17-19-21-23-25-27-29-31-35(39)38-34(37(41-3)42-4)33-43-36(40)32-30-28-26-24-22-20-18-16-14-12-10-8-6-2/h34,37H,5-33H2,1-4H3,(H,38,39). The second-order valence-corrected chi connectivity index (χ2v) is 12.7. The predicted molar refractivity (Wildman–Crippen MR) is 181 cm³/mol. The molecule has 0 aromatic heterocycles. The fraction of sp³-hybridized carbons (Fsp3) is 0.946. The molecule has 1 N–H and O–H groups in total. The first kappa shape index (κ1) is 41.9. The molecule has 0 aromatic carbocycles. The number of unbranched alkanes of at least 4 members (excludes halogenated alkanes) is 24. The Morgan fingerprint density at radius 1 is 0.488 bits per heavy atom. The van der Waals surface area contributed by atoms with Crippen LogP contribution in [0, 0.1) is 0 Å². The smallest absolute Gasteiger partial charge is 0.305 e. The molecule has 0 rings (SSSR count). The van der Waals surface area contributed by atoms with Crippen LogP contribution in [0.4, 0.5) is 0 Å². The molecule has 0 aliphatic carbocycles. The first-order chi connectivity index (χ1) is 21.1. The fourth-order valence-electron chi connectivity index (χ4n) is 5.74. The molecular formula is C37H73NO5. The van der Waals surface area contributed by atoms with Crippen LogP contribution >= 0.6 is 0 Å². The van der Waals surface area contributed by atoms with Crippen molar-refractivity contribution in [2.24, 2.45) is 0 Å². The molecule has 0 aromatic rings. The second kappa shape index (κ2) is 33.7. The normalized spacial score (nSPS) is 12.1. The molecule has 0 saturated carbocycles. The van der Waals surface area contributed by atoms with Gasteiger partial charge in [-0.3, -0.25) is 9.59 Å². The molecule has 0 spiro atoms. The molecule has 1 amide bonds. The first-order valence-corrected chi connectivity index (χ1v) is 18.6. The Hall–Kier alpha value is -1.14. The summed E-state index contributed by atoms with van der Waals surface area (Å²) in [5.74, 6) is -0.260. The third-order valence-electron chi connectivity index (χ3n) is 8.56. The van der Waals surface area contributed by atoms with E-state index in [0.717, 1.165) is 25.7 Å². The fourth-order valence-corrected chi connectivity index (χ4v) is 5.74. The quantitative estimate of drug-likeness (QED) is 0.0445. The number of ether oxygens (including phenoxy) is 3. The van der Waals surface area contributed by atoms with Crippen molar-refractivity contribution in [3.8, 4) is 0 Å². The van der Waals surface area contributed by atoms with Crippen LogP contribution in [0.25, 0.3) is 0 Å². The lowest BCUT2D eigenvalue weighted by atomic mass is 10.0. The molecule has 0 aliphatic heterocycles. The number of esters is 1. The van der Waals surface area contributed by atoms with E-state index in [0.29, 0.717) is 12.8 Å². The number of carbonyl (C=O) groups excluding carboxylic acids is 2. The van der Waals surface area contributed by atoms with E-state index in [4.69, 9.17) is 14.2 Å². The van der Waals surface area contributed by atoms with Gasteiger partial charge in [-0.05, 0) is 12.8 Å². The summed E-state index contributed by atoms with van der Waals surface area (Å²) < 4.78 is 16.2. The van der Waals surface area contributed by atoms with Gasteiger partial charge in [0.2, 0.25) is 5.91 Å². The Balaban J connectivity index is 3.88. The Labute approximate surface area is 267 Å². The number of rotatable bonds is 34. The Morgan fingerprint density at radius 2 is 0.814 bits per heavy atom. The van der Waals surface area contributed by atoms with E-state index < -0.39 is 12.3 Å². The lowest BCUT2D eigenvalue weighted by Gasteiger charge is -2.25. The average molecular weight is 612 g/mol. The lowest BCUT2D eigenvalue weighted by Crippen LogP contribution is -2.48. The van der Waals surface area contributed by atoms with Crippen molar-refractivity contribution in [1.29, 1.82) is 0 Å². The summed E-state index contributed by atoms with van der Waals surface area (Å²) in [5.41, 5.74) is 0. The third kappa shape index (κ3) is 29.3. The van der Waals surface area contributed by atoms with Crippen LogP contribution in [0.3, 0.4) is 0 Å². The van der Waals surface area contributed by atoms with E-state index in [1.54, 1.807) is 0 Å². The number of carbonyl (C=O) groups is 2. The molecular weight excluding hydrogens is 538 g/mol. The zero-order valence-electron chi connectivity index (χ0n) is 29.2. The van der Waals surface area contributed by atoms with Crippen molar-refractivity contribution in [1.82, 2.24) is 5.32 Å². The molecule has 0 aliphatic rings. The van der Waals surface area contributed by atoms with E-state index in [1.165, 1.54) is 155 Å². The van der Waals surface area contributed by atoms with Crippen molar-refractivity contribution in [3.63, 3.8) is 0 Å². The number of hydrogen-bond donors (Lipinski definition) is 1. The van der Waals surface area contributed by atoms with E-state index >= 15 is 0 Å². The third-order valence-corrected chi connectivity index (χ3v) is 8.56. The van der Waals surface area contributed by atoms with Crippen LogP contribution in [-0.4, -0.2) is 45.0 Å². The summed E-state index contributed by atoms with van der Waals surface area (Å²) >= 11 is 0. The highest BCUT2D eigenvalue weighted by atomic mass is 16.7. The topological polar surface area (TPSA) is 73.9 Å². The second-order valence-electron chi connectivity index (χ2n) is 12.7. The van der Waals surface area contributed by atoms with E-state index in [-0.39, 0.29) is 18.5 Å². The van der Waals surface area contributed by atoms with Gasteiger partial charge in [0, 0.05) is 27.1 Å². The van der Waals surface area contributed by atoms with Crippen molar-refractivity contribution >= 4 is 11.9 Å². The van der Waals surface area contributed by atoms with Gasteiger partial charge in [0.15, 0.2) is 6.29 Å². The molecule has 1 unspecified atom stereocenters. The summed E-state index contributed by atoms with van der Waals surface area (Å²) in [4.78, 5) is 24.9. The predicted octanol–water partition coefficient (Wildman–Crippen LogP) is 10.6. The van der Waals surface area contributed by atoms with Gasteiger partial charge >= 0.3 is 5.97 Å². The maximum atomic E-state index is 12.6. The molecule has 0 radical (unpaired) electrons. The summed E-state index contributed by atoms with van der Waals surface area (Å²) in [7, 11) is 3.07. The van der Waals surface area contributed by atoms with Crippen molar-refractivity contribution in [2.75, 3.05) is 20.8 Å². The van der Waals surface area contributed by atoms with Gasteiger partial charge in [0.05, 0.1) is 0 Å². The van der Waals surface area contributed by atoms with Crippen LogP contribution in [-0.2, 0) is 23.8 Å². The van der Waals surface area contributed by atoms with Gasteiger partial charge < -0.3 is 19.5 Å². The number of amides is 1. The Morgan fingerprint density at radius 3 is 1.16 bits per heavy atom. The maximum Gasteiger partial charge on any atom is 0.305 e. The summed E-state index contributed by atoms with van der Waals surface area (Å²) in [6, 6.07) is -0.514. The van der Waals surface area contributed by atoms with Gasteiger partial charge in [-0.1, -0.05) is 168 Å². The summed E-state index contributed by atoms with van der Waals surface area (Å²) in [6.45, 7) is 4.60. The van der Waals surface area contributed by atoms with E-state index in [2.05, 4.69) is 19.2 Å². The molecule has 43 heavy (non-hydrogen) atoms. The average Bonchev–Trinajstić information content (AvgIpc) is 3.01. The minimum Gasteiger partial charge on any atom is -0.463 e. The van der Waals surface area contributed by atoms with Crippen molar-refractivity contribution in [2.45, 2.75) is 206 Å². The van der Waals surface area contributed by atoms with Gasteiger partial charge in [-0.15, -0.1) is 0 Å². The van der Waals surface area contributed by atoms with Crippen LogP contribution in [0.1, 0.15) is 194 Å². The molecule has 256 valence electrons. The zero-order valence-corrected chi connectivity index (χ0v) is 29.2. The molecule has 0 saturated heterocycles. The molecule has 6 heteroatoms. The number of methoxy groups -OCH3 is 2. The molecule has 6 nitrogen and oxygen atoms in total. The highest BCUT2D eigenvalue weighted by Crippen LogP contribution is 2.15. The number of hydrogen-bond acceptors (Lipinski definition) is 5. The minimum atomic E-state index is -0.653. The first-order valence-electron chi connectivity index (χ1n) is 18.6. The van der Waals surface area contributed by atoms with Gasteiger partial charge in [0.1, 0.15) is 12.6 Å². The lowest BCUT2D eigenvalue weighted by molar-refractivity contribution is -0.158. The van der Waals surface area contributed by atoms with Gasteiger partial charge in [0.25, 0.3) is 0 Å². The Kier molecular flexibility index (Phi) is 32.9. The maximum absolute atomic E-state index is 12.6. The molecule has 0 heterocycles. The molecule has 0 fully saturated rings.